The summed E-state index contributed by atoms with van der Waals surface area (Å²) in [4.78, 5) is 10.5. The minimum absolute atomic E-state index is 0.121. The zero-order valence-electron chi connectivity index (χ0n) is 6.78. The van der Waals surface area contributed by atoms with E-state index in [4.69, 9.17) is 9.52 Å². The molecule has 0 unspecified atom stereocenters. The number of carboxylic acid groups (broad SMARTS) is 1. The smallest absolute Gasteiger partial charge is 0.307 e. The first kappa shape index (κ1) is 7.40. The Labute approximate surface area is 70.0 Å². The minimum atomic E-state index is -0.714. The largest absolute Gasteiger partial charge is 0.481 e. The summed E-state index contributed by atoms with van der Waals surface area (Å²) in [7, 11) is 0. The van der Waals surface area contributed by atoms with Crippen molar-refractivity contribution in [1.29, 1.82) is 0 Å². The van der Waals surface area contributed by atoms with E-state index in [9.17, 15) is 4.79 Å². The zero-order valence-corrected chi connectivity index (χ0v) is 6.78. The summed E-state index contributed by atoms with van der Waals surface area (Å²) in [5.41, 5.74) is 0. The fourth-order valence-electron chi connectivity index (χ4n) is 1.44. The van der Waals surface area contributed by atoms with E-state index in [0.29, 0.717) is 0 Å². The van der Waals surface area contributed by atoms with E-state index >= 15 is 0 Å². The van der Waals surface area contributed by atoms with Gasteiger partial charge in [-0.1, -0.05) is 0 Å². The summed E-state index contributed by atoms with van der Waals surface area (Å²) in [5.74, 6) is 0.863. The molecule has 3 heteroatoms. The van der Waals surface area contributed by atoms with Crippen LogP contribution in [0, 0.1) is 12.8 Å². The van der Waals surface area contributed by atoms with Gasteiger partial charge >= 0.3 is 5.97 Å². The maximum atomic E-state index is 10.5. The normalized spacial score (nSPS) is 27.1. The molecule has 64 valence electrons. The van der Waals surface area contributed by atoms with Crippen molar-refractivity contribution in [1.82, 2.24) is 0 Å². The lowest BCUT2D eigenvalue weighted by molar-refractivity contribution is -0.138. The van der Waals surface area contributed by atoms with Crippen molar-refractivity contribution in [3.05, 3.63) is 23.7 Å². The Kier molecular flexibility index (Phi) is 1.46. The van der Waals surface area contributed by atoms with Crippen molar-refractivity contribution in [3.8, 4) is 0 Å². The summed E-state index contributed by atoms with van der Waals surface area (Å²) >= 11 is 0. The van der Waals surface area contributed by atoms with Gasteiger partial charge in [-0.2, -0.15) is 0 Å². The second kappa shape index (κ2) is 2.37. The highest BCUT2D eigenvalue weighted by molar-refractivity contribution is 5.74. The molecular weight excluding hydrogens is 156 g/mol. The van der Waals surface area contributed by atoms with Crippen molar-refractivity contribution >= 4 is 5.97 Å². The van der Waals surface area contributed by atoms with Gasteiger partial charge in [-0.05, 0) is 25.5 Å². The van der Waals surface area contributed by atoms with E-state index in [1.807, 2.05) is 19.1 Å². The molecule has 12 heavy (non-hydrogen) atoms. The van der Waals surface area contributed by atoms with Crippen molar-refractivity contribution in [2.45, 2.75) is 19.3 Å². The van der Waals surface area contributed by atoms with Crippen molar-refractivity contribution in [3.63, 3.8) is 0 Å². The van der Waals surface area contributed by atoms with Crippen LogP contribution in [0.4, 0.5) is 0 Å². The molecule has 0 aromatic carbocycles. The van der Waals surface area contributed by atoms with Gasteiger partial charge in [0.2, 0.25) is 0 Å². The first-order valence-corrected chi connectivity index (χ1v) is 3.97. The lowest BCUT2D eigenvalue weighted by Crippen LogP contribution is -1.98. The average Bonchev–Trinajstić information content (AvgIpc) is 2.70. The van der Waals surface area contributed by atoms with Crippen LogP contribution in [0.3, 0.4) is 0 Å². The van der Waals surface area contributed by atoms with Crippen LogP contribution in [-0.4, -0.2) is 11.1 Å². The molecule has 0 aliphatic heterocycles. The minimum Gasteiger partial charge on any atom is -0.481 e. The highest BCUT2D eigenvalue weighted by atomic mass is 16.4. The fourth-order valence-corrected chi connectivity index (χ4v) is 1.44. The fraction of sp³-hybridized carbons (Fsp3) is 0.444. The second-order valence-corrected chi connectivity index (χ2v) is 3.24. The van der Waals surface area contributed by atoms with Gasteiger partial charge in [-0.3, -0.25) is 4.79 Å². The molecule has 0 radical (unpaired) electrons. The van der Waals surface area contributed by atoms with Crippen LogP contribution < -0.4 is 0 Å². The zero-order chi connectivity index (χ0) is 8.72. The van der Waals surface area contributed by atoms with E-state index in [1.54, 1.807) is 0 Å². The molecule has 1 fully saturated rings. The first-order valence-electron chi connectivity index (χ1n) is 3.97. The third kappa shape index (κ3) is 1.11. The van der Waals surface area contributed by atoms with Gasteiger partial charge in [-0.25, -0.2) is 0 Å². The predicted molar refractivity (Wildman–Crippen MR) is 41.9 cm³/mol. The predicted octanol–water partition coefficient (Wildman–Crippen LogP) is 1.78. The van der Waals surface area contributed by atoms with E-state index in [0.717, 1.165) is 17.9 Å². The van der Waals surface area contributed by atoms with Crippen LogP contribution in [0.1, 0.15) is 23.9 Å². The molecule has 1 aliphatic rings. The monoisotopic (exact) mass is 166 g/mol. The molecular formula is C9H10O3. The van der Waals surface area contributed by atoms with Crippen molar-refractivity contribution in [2.24, 2.45) is 5.92 Å². The summed E-state index contributed by atoms with van der Waals surface area (Å²) in [6.07, 6.45) is 0.724. The van der Waals surface area contributed by atoms with E-state index < -0.39 is 5.97 Å². The highest BCUT2D eigenvalue weighted by Crippen LogP contribution is 2.47. The molecule has 1 heterocycles. The average molecular weight is 166 g/mol. The van der Waals surface area contributed by atoms with Gasteiger partial charge in [0.1, 0.15) is 11.5 Å². The molecule has 0 spiro atoms. The van der Waals surface area contributed by atoms with Gasteiger partial charge in [0.25, 0.3) is 0 Å². The maximum absolute atomic E-state index is 10.5. The molecule has 2 rings (SSSR count). The topological polar surface area (TPSA) is 50.4 Å². The SMILES string of the molecule is Cc1ccc([C@@H]2C[C@@H]2C(=O)O)o1. The molecule has 0 amide bonds. The summed E-state index contributed by atoms with van der Waals surface area (Å²) in [6.45, 7) is 1.86. The Morgan fingerprint density at radius 2 is 2.42 bits per heavy atom. The van der Waals surface area contributed by atoms with Gasteiger partial charge in [0.15, 0.2) is 0 Å². The molecule has 2 atom stereocenters. The Morgan fingerprint density at radius 1 is 1.67 bits per heavy atom. The highest BCUT2D eigenvalue weighted by Gasteiger charge is 2.46. The van der Waals surface area contributed by atoms with Crippen LogP contribution in [0.25, 0.3) is 0 Å². The molecule has 0 bridgehead atoms. The number of hydrogen-bond acceptors (Lipinski definition) is 2. The first-order chi connectivity index (χ1) is 5.68. The summed E-state index contributed by atoms with van der Waals surface area (Å²) in [5, 5.41) is 8.65. The van der Waals surface area contributed by atoms with E-state index in [2.05, 4.69) is 0 Å². The quantitative estimate of drug-likeness (QED) is 0.728. The summed E-state index contributed by atoms with van der Waals surface area (Å²) < 4.78 is 5.32. The molecule has 1 saturated carbocycles. The number of carbonyl (C=O) groups is 1. The Hall–Kier alpha value is -1.25. The van der Waals surface area contributed by atoms with Gasteiger partial charge < -0.3 is 9.52 Å². The number of carboxylic acids is 1. The van der Waals surface area contributed by atoms with E-state index in [1.165, 1.54) is 0 Å². The van der Waals surface area contributed by atoms with Crippen molar-refractivity contribution < 1.29 is 14.3 Å². The molecule has 1 N–H and O–H groups in total. The molecule has 0 saturated heterocycles. The molecule has 3 nitrogen and oxygen atoms in total. The van der Waals surface area contributed by atoms with Crippen molar-refractivity contribution in [2.75, 3.05) is 0 Å². The molecule has 1 aliphatic carbocycles. The number of hydrogen-bond donors (Lipinski definition) is 1. The van der Waals surface area contributed by atoms with Crippen LogP contribution >= 0.6 is 0 Å². The van der Waals surface area contributed by atoms with Crippen LogP contribution in [0.15, 0.2) is 16.5 Å². The maximum Gasteiger partial charge on any atom is 0.307 e. The lowest BCUT2D eigenvalue weighted by Gasteiger charge is -1.90. The third-order valence-corrected chi connectivity index (χ3v) is 2.23. The standard InChI is InChI=1S/C9H10O3/c1-5-2-3-8(12-5)6-4-7(6)9(10)11/h2-3,6-7H,4H2,1H3,(H,10,11)/t6-,7+/m1/s1. The lowest BCUT2D eigenvalue weighted by atomic mass is 10.2. The van der Waals surface area contributed by atoms with Gasteiger partial charge in [0.05, 0.1) is 5.92 Å². The van der Waals surface area contributed by atoms with Crippen LogP contribution in [0.5, 0.6) is 0 Å². The number of rotatable bonds is 2. The number of aryl methyl sites for hydroxylation is 1. The Morgan fingerprint density at radius 3 is 2.83 bits per heavy atom. The van der Waals surface area contributed by atoms with Crippen LogP contribution in [0.2, 0.25) is 0 Å². The van der Waals surface area contributed by atoms with Gasteiger partial charge in [0, 0.05) is 5.92 Å². The third-order valence-electron chi connectivity index (χ3n) is 2.23. The van der Waals surface area contributed by atoms with Crippen LogP contribution in [-0.2, 0) is 4.79 Å². The summed E-state index contributed by atoms with van der Waals surface area (Å²) in [6, 6.07) is 3.73. The van der Waals surface area contributed by atoms with Gasteiger partial charge in [-0.15, -0.1) is 0 Å². The Bertz CT molecular complexity index is 313. The molecule has 1 aromatic heterocycles. The Balaban J connectivity index is 2.10. The number of furan rings is 1. The second-order valence-electron chi connectivity index (χ2n) is 3.24. The van der Waals surface area contributed by atoms with E-state index in [-0.39, 0.29) is 11.8 Å². The number of aliphatic carboxylic acids is 1. The molecule has 1 aromatic rings.